The van der Waals surface area contributed by atoms with Crippen LogP contribution in [0, 0.1) is 5.41 Å². The Bertz CT molecular complexity index is 452. The highest BCUT2D eigenvalue weighted by Gasteiger charge is 2.51. The summed E-state index contributed by atoms with van der Waals surface area (Å²) >= 11 is 0. The SMILES string of the molecule is CC1(C)OB(c2ccc(C(=N)N)cc2)OC1(C)C. The van der Waals surface area contributed by atoms with Gasteiger partial charge in [-0.05, 0) is 33.2 Å². The molecule has 1 heterocycles. The second-order valence-electron chi connectivity index (χ2n) is 5.62. The van der Waals surface area contributed by atoms with Crippen LogP contribution in [0.1, 0.15) is 33.3 Å². The second kappa shape index (κ2) is 4.11. The zero-order valence-corrected chi connectivity index (χ0v) is 11.3. The van der Waals surface area contributed by atoms with Crippen molar-refractivity contribution in [2.45, 2.75) is 38.9 Å². The highest BCUT2D eigenvalue weighted by atomic mass is 16.7. The molecule has 0 atom stereocenters. The van der Waals surface area contributed by atoms with Crippen molar-refractivity contribution in [2.24, 2.45) is 5.73 Å². The van der Waals surface area contributed by atoms with Crippen LogP contribution >= 0.6 is 0 Å². The Labute approximate surface area is 108 Å². The van der Waals surface area contributed by atoms with Crippen LogP contribution in [0.4, 0.5) is 0 Å². The number of hydrogen-bond donors (Lipinski definition) is 2. The molecule has 1 aromatic carbocycles. The molecule has 1 fully saturated rings. The van der Waals surface area contributed by atoms with E-state index in [1.54, 1.807) is 0 Å². The molecule has 3 N–H and O–H groups in total. The lowest BCUT2D eigenvalue weighted by atomic mass is 9.79. The van der Waals surface area contributed by atoms with Gasteiger partial charge in [-0.3, -0.25) is 5.41 Å². The van der Waals surface area contributed by atoms with E-state index in [0.717, 1.165) is 5.46 Å². The summed E-state index contributed by atoms with van der Waals surface area (Å²) < 4.78 is 11.9. The van der Waals surface area contributed by atoms with Crippen LogP contribution < -0.4 is 11.2 Å². The first-order valence-corrected chi connectivity index (χ1v) is 6.03. The van der Waals surface area contributed by atoms with Gasteiger partial charge in [-0.1, -0.05) is 24.3 Å². The summed E-state index contributed by atoms with van der Waals surface area (Å²) in [7, 11) is -0.365. The molecule has 2 rings (SSSR count). The van der Waals surface area contributed by atoms with Crippen LogP contribution in [-0.4, -0.2) is 24.2 Å². The Balaban J connectivity index is 2.22. The van der Waals surface area contributed by atoms with Crippen LogP contribution in [0.5, 0.6) is 0 Å². The lowest BCUT2D eigenvalue weighted by Crippen LogP contribution is -2.41. The maximum absolute atomic E-state index is 7.36. The number of nitrogens with one attached hydrogen (secondary N) is 1. The number of amidine groups is 1. The van der Waals surface area contributed by atoms with E-state index in [1.165, 1.54) is 0 Å². The highest BCUT2D eigenvalue weighted by Crippen LogP contribution is 2.36. The number of rotatable bonds is 2. The van der Waals surface area contributed by atoms with Gasteiger partial charge >= 0.3 is 7.12 Å². The summed E-state index contributed by atoms with van der Waals surface area (Å²) in [5, 5.41) is 7.36. The van der Waals surface area contributed by atoms with Crippen molar-refractivity contribution >= 4 is 18.4 Å². The maximum atomic E-state index is 7.36. The molecule has 0 amide bonds. The highest BCUT2D eigenvalue weighted by molar-refractivity contribution is 6.62. The van der Waals surface area contributed by atoms with Gasteiger partial charge in [-0.15, -0.1) is 0 Å². The van der Waals surface area contributed by atoms with E-state index in [-0.39, 0.29) is 24.2 Å². The fraction of sp³-hybridized carbons (Fsp3) is 0.462. The van der Waals surface area contributed by atoms with Gasteiger partial charge in [0.2, 0.25) is 0 Å². The molecule has 0 aliphatic carbocycles. The first-order chi connectivity index (χ1) is 8.23. The van der Waals surface area contributed by atoms with Gasteiger partial charge in [0.05, 0.1) is 11.2 Å². The summed E-state index contributed by atoms with van der Waals surface area (Å²) in [6, 6.07) is 7.39. The van der Waals surface area contributed by atoms with Crippen molar-refractivity contribution in [3.05, 3.63) is 29.8 Å². The molecular weight excluding hydrogens is 227 g/mol. The standard InChI is InChI=1S/C13H19BN2O2/c1-12(2)13(3,4)18-14(17-12)10-7-5-9(6-8-10)11(15)16/h5-8H,1-4H3,(H3,15,16). The fourth-order valence-electron chi connectivity index (χ4n) is 1.80. The largest absolute Gasteiger partial charge is 0.494 e. The van der Waals surface area contributed by atoms with Crippen LogP contribution in [0.3, 0.4) is 0 Å². The van der Waals surface area contributed by atoms with Gasteiger partial charge in [0.25, 0.3) is 0 Å². The Morgan fingerprint density at radius 1 is 1.06 bits per heavy atom. The first kappa shape index (κ1) is 13.1. The Kier molecular flexibility index (Phi) is 2.99. The average molecular weight is 246 g/mol. The quantitative estimate of drug-likeness (QED) is 0.469. The smallest absolute Gasteiger partial charge is 0.399 e. The summed E-state index contributed by atoms with van der Waals surface area (Å²) in [6.45, 7) is 8.10. The van der Waals surface area contributed by atoms with Crippen molar-refractivity contribution in [3.8, 4) is 0 Å². The molecule has 1 aliphatic heterocycles. The van der Waals surface area contributed by atoms with E-state index >= 15 is 0 Å². The number of nitrogen functional groups attached to an aromatic ring is 1. The topological polar surface area (TPSA) is 68.3 Å². The lowest BCUT2D eigenvalue weighted by molar-refractivity contribution is 0.00578. The van der Waals surface area contributed by atoms with Crippen LogP contribution in [0.15, 0.2) is 24.3 Å². The summed E-state index contributed by atoms with van der Waals surface area (Å²) in [4.78, 5) is 0. The summed E-state index contributed by atoms with van der Waals surface area (Å²) in [5.74, 6) is 0.0652. The van der Waals surface area contributed by atoms with E-state index in [0.29, 0.717) is 5.56 Å². The van der Waals surface area contributed by atoms with Crippen LogP contribution in [0.25, 0.3) is 0 Å². The zero-order chi connectivity index (χ0) is 13.6. The Morgan fingerprint density at radius 2 is 1.50 bits per heavy atom. The van der Waals surface area contributed by atoms with Gasteiger partial charge in [-0.25, -0.2) is 0 Å². The molecule has 0 unspecified atom stereocenters. The van der Waals surface area contributed by atoms with E-state index in [2.05, 4.69) is 0 Å². The minimum absolute atomic E-state index is 0.0652. The fourth-order valence-corrected chi connectivity index (χ4v) is 1.80. The van der Waals surface area contributed by atoms with E-state index in [4.69, 9.17) is 20.5 Å². The van der Waals surface area contributed by atoms with Crippen molar-refractivity contribution in [2.75, 3.05) is 0 Å². The van der Waals surface area contributed by atoms with Gasteiger partial charge < -0.3 is 15.0 Å². The lowest BCUT2D eigenvalue weighted by Gasteiger charge is -2.32. The van der Waals surface area contributed by atoms with E-state index in [9.17, 15) is 0 Å². The molecule has 1 saturated heterocycles. The molecule has 0 saturated carbocycles. The Morgan fingerprint density at radius 3 is 1.89 bits per heavy atom. The zero-order valence-electron chi connectivity index (χ0n) is 11.3. The molecule has 18 heavy (non-hydrogen) atoms. The number of benzene rings is 1. The monoisotopic (exact) mass is 246 g/mol. The van der Waals surface area contributed by atoms with Crippen molar-refractivity contribution in [1.82, 2.24) is 0 Å². The van der Waals surface area contributed by atoms with Crippen molar-refractivity contribution in [1.29, 1.82) is 5.41 Å². The van der Waals surface area contributed by atoms with Crippen LogP contribution in [0.2, 0.25) is 0 Å². The number of nitrogens with two attached hydrogens (primary N) is 1. The molecule has 1 aliphatic rings. The summed E-state index contributed by atoms with van der Waals surface area (Å²) in [5.41, 5.74) is 6.40. The van der Waals surface area contributed by atoms with Crippen molar-refractivity contribution < 1.29 is 9.31 Å². The molecule has 0 bridgehead atoms. The minimum atomic E-state index is -0.365. The Hall–Kier alpha value is -1.33. The molecule has 0 aromatic heterocycles. The molecule has 4 nitrogen and oxygen atoms in total. The average Bonchev–Trinajstić information content (AvgIpc) is 2.48. The van der Waals surface area contributed by atoms with Crippen LogP contribution in [-0.2, 0) is 9.31 Å². The van der Waals surface area contributed by atoms with Gasteiger partial charge in [0.15, 0.2) is 0 Å². The predicted octanol–water partition coefficient (Wildman–Crippen LogP) is 1.27. The molecule has 5 heteroatoms. The summed E-state index contributed by atoms with van der Waals surface area (Å²) in [6.07, 6.45) is 0. The third-order valence-electron chi connectivity index (χ3n) is 3.75. The third kappa shape index (κ3) is 2.16. The molecule has 96 valence electrons. The molecule has 0 spiro atoms. The van der Waals surface area contributed by atoms with Gasteiger partial charge in [0.1, 0.15) is 5.84 Å². The van der Waals surface area contributed by atoms with Gasteiger partial charge in [0, 0.05) is 5.56 Å². The second-order valence-corrected chi connectivity index (χ2v) is 5.62. The number of hydrogen-bond acceptors (Lipinski definition) is 3. The van der Waals surface area contributed by atoms with E-state index in [1.807, 2.05) is 52.0 Å². The first-order valence-electron chi connectivity index (χ1n) is 6.03. The van der Waals surface area contributed by atoms with Crippen molar-refractivity contribution in [3.63, 3.8) is 0 Å². The van der Waals surface area contributed by atoms with E-state index < -0.39 is 0 Å². The molecular formula is C13H19BN2O2. The van der Waals surface area contributed by atoms with Gasteiger partial charge in [-0.2, -0.15) is 0 Å². The minimum Gasteiger partial charge on any atom is -0.399 e. The normalized spacial score (nSPS) is 21.0. The third-order valence-corrected chi connectivity index (χ3v) is 3.75. The maximum Gasteiger partial charge on any atom is 0.494 e. The molecule has 1 aromatic rings. The predicted molar refractivity (Wildman–Crippen MR) is 73.2 cm³/mol. The molecule has 0 radical (unpaired) electrons.